The minimum Gasteiger partial charge on any atom is -0.313 e. The summed E-state index contributed by atoms with van der Waals surface area (Å²) in [6.45, 7) is 4.94. The molecule has 0 aliphatic heterocycles. The Morgan fingerprint density at radius 1 is 1.25 bits per heavy atom. The van der Waals surface area contributed by atoms with Gasteiger partial charge in [-0.3, -0.25) is 0 Å². The first-order chi connectivity index (χ1) is 9.55. The number of hydrogen-bond acceptors (Lipinski definition) is 3. The number of sulfone groups is 1. The van der Waals surface area contributed by atoms with Crippen LogP contribution in [0.2, 0.25) is 0 Å². The van der Waals surface area contributed by atoms with Gasteiger partial charge in [-0.2, -0.15) is 0 Å². The lowest BCUT2D eigenvalue weighted by Gasteiger charge is -2.32. The highest BCUT2D eigenvalue weighted by Gasteiger charge is 2.36. The molecule has 112 valence electrons. The van der Waals surface area contributed by atoms with Crippen LogP contribution >= 0.6 is 0 Å². The van der Waals surface area contributed by atoms with Crippen molar-refractivity contribution in [1.29, 1.82) is 0 Å². The minimum atomic E-state index is -3.23. The fourth-order valence-electron chi connectivity index (χ4n) is 3.00. The summed E-state index contributed by atoms with van der Waals surface area (Å²) in [6, 6.07) is 7.40. The highest BCUT2D eigenvalue weighted by Crippen LogP contribution is 2.29. The van der Waals surface area contributed by atoms with Crippen molar-refractivity contribution in [3.05, 3.63) is 29.8 Å². The van der Waals surface area contributed by atoms with Gasteiger partial charge in [-0.25, -0.2) is 8.42 Å². The topological polar surface area (TPSA) is 46.2 Å². The molecule has 1 N–H and O–H groups in total. The molecule has 0 radical (unpaired) electrons. The van der Waals surface area contributed by atoms with E-state index in [1.165, 1.54) is 0 Å². The third kappa shape index (κ3) is 3.41. The van der Waals surface area contributed by atoms with Crippen LogP contribution in [0.5, 0.6) is 0 Å². The average Bonchev–Trinajstić information content (AvgIpc) is 2.45. The molecular formula is C16H25NO2S. The summed E-state index contributed by atoms with van der Waals surface area (Å²) in [7, 11) is -3.23. The van der Waals surface area contributed by atoms with Crippen LogP contribution in [-0.4, -0.2) is 26.3 Å². The lowest BCUT2D eigenvalue weighted by Crippen LogP contribution is -2.46. The van der Waals surface area contributed by atoms with Crippen molar-refractivity contribution >= 4 is 9.84 Å². The largest absolute Gasteiger partial charge is 0.313 e. The summed E-state index contributed by atoms with van der Waals surface area (Å²) in [5.41, 5.74) is 1.000. The molecule has 1 aromatic carbocycles. The quantitative estimate of drug-likeness (QED) is 0.908. The van der Waals surface area contributed by atoms with Crippen LogP contribution < -0.4 is 5.32 Å². The summed E-state index contributed by atoms with van der Waals surface area (Å²) in [4.78, 5) is 0.479. The molecule has 0 saturated heterocycles. The number of benzene rings is 1. The smallest absolute Gasteiger partial charge is 0.182 e. The van der Waals surface area contributed by atoms with Gasteiger partial charge in [0.2, 0.25) is 0 Å². The second-order valence-corrected chi connectivity index (χ2v) is 7.91. The Labute approximate surface area is 122 Å². The molecule has 0 spiro atoms. The average molecular weight is 295 g/mol. The van der Waals surface area contributed by atoms with Crippen LogP contribution in [0.4, 0.5) is 0 Å². The van der Waals surface area contributed by atoms with Crippen molar-refractivity contribution in [3.8, 4) is 0 Å². The molecule has 20 heavy (non-hydrogen) atoms. The molecule has 1 fully saturated rings. The second kappa shape index (κ2) is 6.72. The number of nitrogens with one attached hydrogen (secondary N) is 1. The summed E-state index contributed by atoms with van der Waals surface area (Å²) in [5, 5.41) is 3.16. The van der Waals surface area contributed by atoms with E-state index in [1.54, 1.807) is 12.1 Å². The van der Waals surface area contributed by atoms with Gasteiger partial charge in [-0.1, -0.05) is 31.9 Å². The van der Waals surface area contributed by atoms with Crippen LogP contribution in [0.1, 0.15) is 44.6 Å². The van der Waals surface area contributed by atoms with E-state index in [0.29, 0.717) is 4.90 Å². The first-order valence-corrected chi connectivity index (χ1v) is 9.14. The van der Waals surface area contributed by atoms with Crippen LogP contribution in [0.15, 0.2) is 29.2 Å². The van der Waals surface area contributed by atoms with E-state index < -0.39 is 9.84 Å². The lowest BCUT2D eigenvalue weighted by atomic mass is 9.95. The minimum absolute atomic E-state index is 0.106. The van der Waals surface area contributed by atoms with Crippen molar-refractivity contribution in [1.82, 2.24) is 5.32 Å². The van der Waals surface area contributed by atoms with Gasteiger partial charge in [-0.05, 0) is 50.4 Å². The standard InChI is InChI=1S/C16H25NO2S/c1-3-11-17-15-9-4-5-10-16(15)20(18,19)14-8-6-7-13(2)12-14/h6-8,12,15-17H,3-5,9-11H2,1-2H3. The Hall–Kier alpha value is -0.870. The van der Waals surface area contributed by atoms with Crippen molar-refractivity contribution in [2.24, 2.45) is 0 Å². The molecule has 2 rings (SSSR count). The van der Waals surface area contributed by atoms with Crippen LogP contribution in [0.3, 0.4) is 0 Å². The van der Waals surface area contributed by atoms with Gasteiger partial charge in [-0.15, -0.1) is 0 Å². The molecule has 0 bridgehead atoms. The molecule has 2 unspecified atom stereocenters. The van der Waals surface area contributed by atoms with Crippen molar-refractivity contribution in [2.75, 3.05) is 6.54 Å². The fourth-order valence-corrected chi connectivity index (χ4v) is 5.11. The summed E-state index contributed by atoms with van der Waals surface area (Å²) in [5.74, 6) is 0. The molecule has 1 saturated carbocycles. The molecule has 3 nitrogen and oxygen atoms in total. The van der Waals surface area contributed by atoms with E-state index in [-0.39, 0.29) is 11.3 Å². The normalized spacial score (nSPS) is 23.7. The second-order valence-electron chi connectivity index (χ2n) is 5.75. The summed E-state index contributed by atoms with van der Waals surface area (Å²) < 4.78 is 25.7. The molecule has 0 heterocycles. The summed E-state index contributed by atoms with van der Waals surface area (Å²) >= 11 is 0. The first-order valence-electron chi connectivity index (χ1n) is 7.59. The highest BCUT2D eigenvalue weighted by atomic mass is 32.2. The monoisotopic (exact) mass is 295 g/mol. The molecule has 1 aromatic rings. The van der Waals surface area contributed by atoms with E-state index in [4.69, 9.17) is 0 Å². The molecule has 0 aromatic heterocycles. The van der Waals surface area contributed by atoms with Crippen molar-refractivity contribution < 1.29 is 8.42 Å². The maximum atomic E-state index is 12.9. The molecular weight excluding hydrogens is 270 g/mol. The lowest BCUT2D eigenvalue weighted by molar-refractivity contribution is 0.371. The van der Waals surface area contributed by atoms with Gasteiger partial charge in [0.05, 0.1) is 10.1 Å². The number of rotatable bonds is 5. The van der Waals surface area contributed by atoms with E-state index in [2.05, 4.69) is 12.2 Å². The van der Waals surface area contributed by atoms with Gasteiger partial charge in [0.1, 0.15) is 0 Å². The zero-order valence-corrected chi connectivity index (χ0v) is 13.2. The maximum Gasteiger partial charge on any atom is 0.182 e. The Bertz CT molecular complexity index is 539. The van der Waals surface area contributed by atoms with Gasteiger partial charge < -0.3 is 5.32 Å². The molecule has 4 heteroatoms. The van der Waals surface area contributed by atoms with Gasteiger partial charge >= 0.3 is 0 Å². The SMILES string of the molecule is CCCNC1CCCCC1S(=O)(=O)c1cccc(C)c1. The number of aryl methyl sites for hydroxylation is 1. The van der Waals surface area contributed by atoms with Gasteiger partial charge in [0.25, 0.3) is 0 Å². The van der Waals surface area contributed by atoms with Crippen LogP contribution in [0, 0.1) is 6.92 Å². The first kappa shape index (κ1) is 15.5. The zero-order valence-electron chi connectivity index (χ0n) is 12.4. The molecule has 0 amide bonds. The summed E-state index contributed by atoms with van der Waals surface area (Å²) in [6.07, 6.45) is 4.92. The zero-order chi connectivity index (χ0) is 14.6. The molecule has 2 atom stereocenters. The Kier molecular flexibility index (Phi) is 5.22. The Morgan fingerprint density at radius 2 is 2.00 bits per heavy atom. The van der Waals surface area contributed by atoms with Gasteiger partial charge in [0.15, 0.2) is 9.84 Å². The third-order valence-corrected chi connectivity index (χ3v) is 6.35. The maximum absolute atomic E-state index is 12.9. The van der Waals surface area contributed by atoms with Gasteiger partial charge in [0, 0.05) is 6.04 Å². The Balaban J connectivity index is 2.26. The van der Waals surface area contributed by atoms with Crippen molar-refractivity contribution in [3.63, 3.8) is 0 Å². The van der Waals surface area contributed by atoms with Crippen LogP contribution in [-0.2, 0) is 9.84 Å². The third-order valence-electron chi connectivity index (χ3n) is 4.08. The molecule has 1 aliphatic rings. The highest BCUT2D eigenvalue weighted by molar-refractivity contribution is 7.92. The molecule has 1 aliphatic carbocycles. The fraction of sp³-hybridized carbons (Fsp3) is 0.625. The van der Waals surface area contributed by atoms with E-state index in [9.17, 15) is 8.42 Å². The van der Waals surface area contributed by atoms with E-state index in [1.807, 2.05) is 19.1 Å². The number of hydrogen-bond donors (Lipinski definition) is 1. The van der Waals surface area contributed by atoms with Crippen molar-refractivity contribution in [2.45, 2.75) is 62.1 Å². The predicted molar refractivity (Wildman–Crippen MR) is 82.7 cm³/mol. The van der Waals surface area contributed by atoms with E-state index >= 15 is 0 Å². The van der Waals surface area contributed by atoms with E-state index in [0.717, 1.165) is 44.2 Å². The predicted octanol–water partition coefficient (Wildman–Crippen LogP) is 3.08. The van der Waals surface area contributed by atoms with Crippen LogP contribution in [0.25, 0.3) is 0 Å². The Morgan fingerprint density at radius 3 is 2.70 bits per heavy atom.